The number of anilines is 1. The van der Waals surface area contributed by atoms with E-state index in [1.165, 1.54) is 23.5 Å². The number of fused-ring (bicyclic) bond motifs is 1. The van der Waals surface area contributed by atoms with Crippen LogP contribution in [0.5, 0.6) is 0 Å². The minimum Gasteiger partial charge on any atom is -0.305 e. The molecule has 0 N–H and O–H groups in total. The average Bonchev–Trinajstić information content (AvgIpc) is 2.90. The maximum Gasteiger partial charge on any atom is 0.227 e. The highest BCUT2D eigenvalue weighted by Gasteiger charge is 2.25. The molecule has 20 heavy (non-hydrogen) atoms. The van der Waals surface area contributed by atoms with E-state index in [-0.39, 0.29) is 11.7 Å². The van der Waals surface area contributed by atoms with Crippen molar-refractivity contribution in [2.24, 2.45) is 0 Å². The first-order chi connectivity index (χ1) is 9.67. The Morgan fingerprint density at radius 3 is 3.00 bits per heavy atom. The van der Waals surface area contributed by atoms with Crippen LogP contribution >= 0.6 is 22.9 Å². The summed E-state index contributed by atoms with van der Waals surface area (Å²) < 4.78 is 13.4. The molecule has 104 valence electrons. The van der Waals surface area contributed by atoms with E-state index >= 15 is 0 Å². The van der Waals surface area contributed by atoms with E-state index in [0.29, 0.717) is 31.0 Å². The van der Waals surface area contributed by atoms with Crippen LogP contribution < -0.4 is 4.90 Å². The molecule has 1 aliphatic rings. The van der Waals surface area contributed by atoms with Crippen molar-refractivity contribution in [3.8, 4) is 0 Å². The molecule has 1 aromatic heterocycles. The largest absolute Gasteiger partial charge is 0.305 e. The van der Waals surface area contributed by atoms with E-state index in [1.54, 1.807) is 11.0 Å². The first-order valence-electron chi connectivity index (χ1n) is 6.25. The highest BCUT2D eigenvalue weighted by molar-refractivity contribution is 7.09. The smallest absolute Gasteiger partial charge is 0.227 e. The van der Waals surface area contributed by atoms with Crippen molar-refractivity contribution >= 4 is 34.5 Å². The zero-order valence-corrected chi connectivity index (χ0v) is 12.2. The van der Waals surface area contributed by atoms with Gasteiger partial charge in [-0.15, -0.1) is 22.9 Å². The molecule has 2 heterocycles. The number of halogens is 2. The summed E-state index contributed by atoms with van der Waals surface area (Å²) in [6.07, 6.45) is 1.11. The van der Waals surface area contributed by atoms with E-state index in [1.807, 2.05) is 5.38 Å². The topological polar surface area (TPSA) is 33.2 Å². The molecule has 1 amide bonds. The summed E-state index contributed by atoms with van der Waals surface area (Å²) in [5, 5.41) is 2.69. The number of nitrogens with zero attached hydrogens (tertiary/aromatic N) is 2. The van der Waals surface area contributed by atoms with E-state index in [4.69, 9.17) is 11.6 Å². The molecule has 0 fully saturated rings. The molecule has 0 spiro atoms. The Bertz CT molecular complexity index is 658. The first-order valence-corrected chi connectivity index (χ1v) is 7.67. The lowest BCUT2D eigenvalue weighted by Gasteiger charge is -2.28. The molecule has 2 aromatic rings. The molecule has 3 rings (SSSR count). The zero-order valence-electron chi connectivity index (χ0n) is 10.6. The fourth-order valence-corrected chi connectivity index (χ4v) is 3.31. The normalized spacial score (nSPS) is 14.5. The third kappa shape index (κ3) is 2.55. The lowest BCUT2D eigenvalue weighted by Crippen LogP contribution is -2.34. The van der Waals surface area contributed by atoms with Crippen LogP contribution in [-0.2, 0) is 23.6 Å². The van der Waals surface area contributed by atoms with Crippen LogP contribution in [0, 0.1) is 5.82 Å². The van der Waals surface area contributed by atoms with Gasteiger partial charge in [-0.1, -0.05) is 6.07 Å². The van der Waals surface area contributed by atoms with E-state index in [2.05, 4.69) is 4.98 Å². The van der Waals surface area contributed by atoms with Gasteiger partial charge in [-0.2, -0.15) is 0 Å². The summed E-state index contributed by atoms with van der Waals surface area (Å²) in [6.45, 7) is 0.372. The average molecular weight is 311 g/mol. The summed E-state index contributed by atoms with van der Waals surface area (Å²) in [5.41, 5.74) is 2.46. The van der Waals surface area contributed by atoms with Crippen molar-refractivity contribution in [1.82, 2.24) is 4.98 Å². The monoisotopic (exact) mass is 310 g/mol. The van der Waals surface area contributed by atoms with Crippen LogP contribution in [0.3, 0.4) is 0 Å². The van der Waals surface area contributed by atoms with Gasteiger partial charge in [0.05, 0.1) is 23.8 Å². The van der Waals surface area contributed by atoms with Crippen molar-refractivity contribution in [3.05, 3.63) is 45.7 Å². The summed E-state index contributed by atoms with van der Waals surface area (Å²) in [6, 6.07) is 4.60. The third-order valence-corrected chi connectivity index (χ3v) is 4.43. The second kappa shape index (κ2) is 5.50. The van der Waals surface area contributed by atoms with Gasteiger partial charge in [-0.05, 0) is 24.1 Å². The fraction of sp³-hybridized carbons (Fsp3) is 0.286. The third-order valence-electron chi connectivity index (χ3n) is 3.28. The molecule has 6 heteroatoms. The predicted molar refractivity (Wildman–Crippen MR) is 77.6 cm³/mol. The lowest BCUT2D eigenvalue weighted by molar-refractivity contribution is -0.119. The fourth-order valence-electron chi connectivity index (χ4n) is 2.30. The van der Waals surface area contributed by atoms with E-state index < -0.39 is 0 Å². The SMILES string of the molecule is O=C1CCc2ccc(F)cc2N1Cc1nc(CCl)cs1. The van der Waals surface area contributed by atoms with Gasteiger partial charge in [0.1, 0.15) is 10.8 Å². The van der Waals surface area contributed by atoms with Gasteiger partial charge in [-0.3, -0.25) is 4.79 Å². The van der Waals surface area contributed by atoms with Crippen molar-refractivity contribution in [3.63, 3.8) is 0 Å². The second-order valence-corrected chi connectivity index (χ2v) is 5.83. The number of carbonyl (C=O) groups excluding carboxylic acids is 1. The molecule has 1 aromatic carbocycles. The number of carbonyl (C=O) groups is 1. The molecular formula is C14H12ClFN2OS. The van der Waals surface area contributed by atoms with Crippen molar-refractivity contribution in [2.75, 3.05) is 4.90 Å². The van der Waals surface area contributed by atoms with E-state index in [0.717, 1.165) is 16.3 Å². The van der Waals surface area contributed by atoms with Crippen LogP contribution in [0.1, 0.15) is 22.7 Å². The number of aryl methyl sites for hydroxylation is 1. The van der Waals surface area contributed by atoms with E-state index in [9.17, 15) is 9.18 Å². The van der Waals surface area contributed by atoms with Crippen LogP contribution in [0.2, 0.25) is 0 Å². The molecule has 0 aliphatic carbocycles. The second-order valence-electron chi connectivity index (χ2n) is 4.62. The Morgan fingerprint density at radius 1 is 1.40 bits per heavy atom. The molecular weight excluding hydrogens is 299 g/mol. The number of thiazole rings is 1. The minimum absolute atomic E-state index is 0.00530. The number of alkyl halides is 1. The van der Waals surface area contributed by atoms with Crippen LogP contribution in [0.15, 0.2) is 23.6 Å². The number of rotatable bonds is 3. The van der Waals surface area contributed by atoms with Crippen molar-refractivity contribution in [1.29, 1.82) is 0 Å². The molecule has 0 unspecified atom stereocenters. The Hall–Kier alpha value is -1.46. The van der Waals surface area contributed by atoms with Gasteiger partial charge >= 0.3 is 0 Å². The summed E-state index contributed by atoms with van der Waals surface area (Å²) >= 11 is 7.19. The number of amides is 1. The minimum atomic E-state index is -0.330. The number of benzene rings is 1. The Balaban J connectivity index is 1.92. The Kier molecular flexibility index (Phi) is 3.72. The Morgan fingerprint density at radius 2 is 2.25 bits per heavy atom. The quantitative estimate of drug-likeness (QED) is 0.813. The molecule has 0 saturated carbocycles. The van der Waals surface area contributed by atoms with Gasteiger partial charge in [0.2, 0.25) is 5.91 Å². The molecule has 0 saturated heterocycles. The summed E-state index contributed by atoms with van der Waals surface area (Å²) in [7, 11) is 0. The van der Waals surface area contributed by atoms with Gasteiger partial charge in [0, 0.05) is 11.8 Å². The van der Waals surface area contributed by atoms with Crippen LogP contribution in [-0.4, -0.2) is 10.9 Å². The predicted octanol–water partition coefficient (Wildman–Crippen LogP) is 3.50. The highest BCUT2D eigenvalue weighted by Crippen LogP contribution is 2.30. The number of hydrogen-bond donors (Lipinski definition) is 0. The maximum absolute atomic E-state index is 13.4. The van der Waals surface area contributed by atoms with Gasteiger partial charge < -0.3 is 4.90 Å². The molecule has 3 nitrogen and oxygen atoms in total. The zero-order chi connectivity index (χ0) is 14.1. The molecule has 1 aliphatic heterocycles. The van der Waals surface area contributed by atoms with Crippen LogP contribution in [0.4, 0.5) is 10.1 Å². The number of aromatic nitrogens is 1. The van der Waals surface area contributed by atoms with Gasteiger partial charge in [0.15, 0.2) is 0 Å². The van der Waals surface area contributed by atoms with Gasteiger partial charge in [0.25, 0.3) is 0 Å². The van der Waals surface area contributed by atoms with Crippen molar-refractivity contribution in [2.45, 2.75) is 25.3 Å². The highest BCUT2D eigenvalue weighted by atomic mass is 35.5. The Labute approximate surface area is 125 Å². The summed E-state index contributed by atoms with van der Waals surface area (Å²) in [5.74, 6) is 0.0325. The maximum atomic E-state index is 13.4. The molecule has 0 atom stereocenters. The number of hydrogen-bond acceptors (Lipinski definition) is 3. The lowest BCUT2D eigenvalue weighted by atomic mass is 10.0. The van der Waals surface area contributed by atoms with Crippen LogP contribution in [0.25, 0.3) is 0 Å². The molecule has 0 radical (unpaired) electrons. The summed E-state index contributed by atoms with van der Waals surface area (Å²) in [4.78, 5) is 18.1. The first kappa shape index (κ1) is 13.5. The van der Waals surface area contributed by atoms with Crippen molar-refractivity contribution < 1.29 is 9.18 Å². The van der Waals surface area contributed by atoms with Gasteiger partial charge in [-0.25, -0.2) is 9.37 Å². The standard InChI is InChI=1S/C14H12ClFN2OS/c15-6-11-8-20-13(17-11)7-18-12-5-10(16)3-1-9(12)2-4-14(18)19/h1,3,5,8H,2,4,6-7H2. The molecule has 0 bridgehead atoms.